The number of carbonyl (C=O) groups is 3. The first-order chi connectivity index (χ1) is 10.9. The van der Waals surface area contributed by atoms with Crippen LogP contribution in [0.15, 0.2) is 16.6 Å². The highest BCUT2D eigenvalue weighted by Gasteiger charge is 2.55. The molecule has 2 aliphatic carbocycles. The zero-order valence-electron chi connectivity index (χ0n) is 13.0. The lowest BCUT2D eigenvalue weighted by molar-refractivity contribution is -0.154. The zero-order chi connectivity index (χ0) is 16.8. The number of hydrogen-bond donors (Lipinski definition) is 0. The van der Waals surface area contributed by atoms with Gasteiger partial charge >= 0.3 is 5.97 Å². The molecular weight excluding hydrogens is 364 g/mol. The van der Waals surface area contributed by atoms with Gasteiger partial charge in [-0.25, -0.2) is 4.79 Å². The van der Waals surface area contributed by atoms with Crippen LogP contribution in [0.1, 0.15) is 42.1 Å². The Balaban J connectivity index is 2.04. The van der Waals surface area contributed by atoms with Crippen LogP contribution in [0.5, 0.6) is 5.75 Å². The molecule has 1 atom stereocenters. The van der Waals surface area contributed by atoms with E-state index in [2.05, 4.69) is 15.9 Å². The van der Waals surface area contributed by atoms with Crippen LogP contribution >= 0.6 is 15.9 Å². The van der Waals surface area contributed by atoms with E-state index in [4.69, 9.17) is 9.47 Å². The number of methoxy groups -OCH3 is 1. The second-order valence-electron chi connectivity index (χ2n) is 6.02. The van der Waals surface area contributed by atoms with Crippen LogP contribution in [0.3, 0.4) is 0 Å². The predicted octanol–water partition coefficient (Wildman–Crippen LogP) is 2.82. The molecule has 23 heavy (non-hydrogen) atoms. The van der Waals surface area contributed by atoms with E-state index in [1.165, 1.54) is 7.11 Å². The average Bonchev–Trinajstić information content (AvgIpc) is 3.30. The molecule has 0 heterocycles. The first-order valence-electron chi connectivity index (χ1n) is 7.56. The van der Waals surface area contributed by atoms with Gasteiger partial charge in [0.25, 0.3) is 5.78 Å². The number of carbonyl (C=O) groups excluding carboxylic acids is 3. The topological polar surface area (TPSA) is 69.7 Å². The summed E-state index contributed by atoms with van der Waals surface area (Å²) in [6.07, 6.45) is 2.19. The van der Waals surface area contributed by atoms with Crippen molar-refractivity contribution < 1.29 is 23.9 Å². The first-order valence-corrected chi connectivity index (χ1v) is 8.36. The van der Waals surface area contributed by atoms with E-state index in [-0.39, 0.29) is 17.8 Å². The average molecular weight is 381 g/mol. The van der Waals surface area contributed by atoms with Crippen LogP contribution < -0.4 is 4.74 Å². The molecule has 0 radical (unpaired) electrons. The largest absolute Gasteiger partial charge is 0.497 e. The standard InChI is InChI=1S/C17H17BrO5/c1-3-23-16(21)15(20)11-8-17(4-5-17)13-10(14(11)19)6-9(22-2)7-12(13)18/h6-7,11H,3-5,8H2,1-2H3. The van der Waals surface area contributed by atoms with Gasteiger partial charge in [0.2, 0.25) is 0 Å². The molecule has 1 spiro atoms. The van der Waals surface area contributed by atoms with Gasteiger partial charge in [0.15, 0.2) is 5.78 Å². The summed E-state index contributed by atoms with van der Waals surface area (Å²) in [6.45, 7) is 1.75. The Labute approximate surface area is 142 Å². The van der Waals surface area contributed by atoms with Crippen LogP contribution in [0.4, 0.5) is 0 Å². The number of benzene rings is 1. The lowest BCUT2D eigenvalue weighted by Crippen LogP contribution is -2.39. The highest BCUT2D eigenvalue weighted by atomic mass is 79.9. The highest BCUT2D eigenvalue weighted by Crippen LogP contribution is 2.59. The maximum Gasteiger partial charge on any atom is 0.375 e. The van der Waals surface area contributed by atoms with Crippen LogP contribution in [0, 0.1) is 5.92 Å². The van der Waals surface area contributed by atoms with E-state index in [0.29, 0.717) is 17.7 Å². The molecule has 1 unspecified atom stereocenters. The molecular formula is C17H17BrO5. The Morgan fingerprint density at radius 2 is 2.04 bits per heavy atom. The summed E-state index contributed by atoms with van der Waals surface area (Å²) in [5.74, 6) is -2.40. The second kappa shape index (κ2) is 5.74. The molecule has 1 fully saturated rings. The summed E-state index contributed by atoms with van der Waals surface area (Å²) in [6, 6.07) is 3.49. The quantitative estimate of drug-likeness (QED) is 0.456. The number of hydrogen-bond acceptors (Lipinski definition) is 5. The van der Waals surface area contributed by atoms with Gasteiger partial charge in [-0.1, -0.05) is 15.9 Å². The maximum atomic E-state index is 12.8. The summed E-state index contributed by atoms with van der Waals surface area (Å²) in [7, 11) is 1.52. The Morgan fingerprint density at radius 1 is 1.35 bits per heavy atom. The Bertz CT molecular complexity index is 705. The van der Waals surface area contributed by atoms with Crippen molar-refractivity contribution in [2.75, 3.05) is 13.7 Å². The maximum absolute atomic E-state index is 12.8. The minimum Gasteiger partial charge on any atom is -0.497 e. The van der Waals surface area contributed by atoms with Crippen LogP contribution in [0.2, 0.25) is 0 Å². The minimum absolute atomic E-state index is 0.118. The van der Waals surface area contributed by atoms with E-state index < -0.39 is 17.7 Å². The Morgan fingerprint density at radius 3 is 2.61 bits per heavy atom. The summed E-state index contributed by atoms with van der Waals surface area (Å²) in [5, 5.41) is 0. The lowest BCUT2D eigenvalue weighted by atomic mass is 9.72. The third-order valence-electron chi connectivity index (χ3n) is 4.65. The van der Waals surface area contributed by atoms with E-state index >= 15 is 0 Å². The van der Waals surface area contributed by atoms with Crippen molar-refractivity contribution in [3.8, 4) is 5.75 Å². The summed E-state index contributed by atoms with van der Waals surface area (Å²) in [5.41, 5.74) is 1.22. The van der Waals surface area contributed by atoms with Gasteiger partial charge in [-0.15, -0.1) is 0 Å². The Hall–Kier alpha value is -1.69. The molecule has 3 rings (SSSR count). The molecule has 0 N–H and O–H groups in total. The smallest absolute Gasteiger partial charge is 0.375 e. The molecule has 2 aliphatic rings. The van der Waals surface area contributed by atoms with Crippen LogP contribution in [-0.2, 0) is 19.7 Å². The van der Waals surface area contributed by atoms with Crippen molar-refractivity contribution in [1.82, 2.24) is 0 Å². The summed E-state index contributed by atoms with van der Waals surface area (Å²) < 4.78 is 10.8. The SMILES string of the molecule is CCOC(=O)C(=O)C1CC2(CC2)c2c(Br)cc(OC)cc2C1=O. The van der Waals surface area contributed by atoms with E-state index in [9.17, 15) is 14.4 Å². The highest BCUT2D eigenvalue weighted by molar-refractivity contribution is 9.10. The van der Waals surface area contributed by atoms with Gasteiger partial charge in [0.1, 0.15) is 5.75 Å². The number of ether oxygens (including phenoxy) is 2. The van der Waals surface area contributed by atoms with E-state index in [1.807, 2.05) is 6.07 Å². The fourth-order valence-corrected chi connectivity index (χ4v) is 4.23. The predicted molar refractivity (Wildman–Crippen MR) is 85.7 cm³/mol. The van der Waals surface area contributed by atoms with Crippen LogP contribution in [0.25, 0.3) is 0 Å². The van der Waals surface area contributed by atoms with Gasteiger partial charge in [-0.3, -0.25) is 9.59 Å². The molecule has 0 aliphatic heterocycles. The number of ketones is 2. The number of Topliss-reactive ketones (excluding diaryl/α,β-unsaturated/α-hetero) is 2. The molecule has 1 aromatic carbocycles. The minimum atomic E-state index is -0.956. The molecule has 0 saturated heterocycles. The fraction of sp³-hybridized carbons (Fsp3) is 0.471. The van der Waals surface area contributed by atoms with Crippen LogP contribution in [-0.4, -0.2) is 31.3 Å². The van der Waals surface area contributed by atoms with Gasteiger partial charge in [-0.05, 0) is 49.3 Å². The van der Waals surface area contributed by atoms with Gasteiger partial charge in [0, 0.05) is 10.0 Å². The molecule has 1 saturated carbocycles. The third kappa shape index (κ3) is 2.59. The third-order valence-corrected chi connectivity index (χ3v) is 5.28. The lowest BCUT2D eigenvalue weighted by Gasteiger charge is -2.30. The fourth-order valence-electron chi connectivity index (χ4n) is 3.37. The number of halogens is 1. The van der Waals surface area contributed by atoms with E-state index in [0.717, 1.165) is 22.9 Å². The van der Waals surface area contributed by atoms with Crippen molar-refractivity contribution in [2.24, 2.45) is 5.92 Å². The normalized spacial score (nSPS) is 20.8. The first kappa shape index (κ1) is 16.2. The van der Waals surface area contributed by atoms with Gasteiger partial charge < -0.3 is 9.47 Å². The molecule has 6 heteroatoms. The van der Waals surface area contributed by atoms with Crippen molar-refractivity contribution in [3.63, 3.8) is 0 Å². The summed E-state index contributed by atoms with van der Waals surface area (Å²) in [4.78, 5) is 36.9. The second-order valence-corrected chi connectivity index (χ2v) is 6.87. The monoisotopic (exact) mass is 380 g/mol. The molecule has 0 aromatic heterocycles. The zero-order valence-corrected chi connectivity index (χ0v) is 14.6. The van der Waals surface area contributed by atoms with Gasteiger partial charge in [-0.2, -0.15) is 0 Å². The number of fused-ring (bicyclic) bond motifs is 2. The Kier molecular flexibility index (Phi) is 4.04. The van der Waals surface area contributed by atoms with Crippen molar-refractivity contribution in [3.05, 3.63) is 27.7 Å². The number of rotatable bonds is 4. The van der Waals surface area contributed by atoms with Crippen molar-refractivity contribution >= 4 is 33.5 Å². The number of esters is 1. The molecule has 122 valence electrons. The molecule has 1 aromatic rings. The summed E-state index contributed by atoms with van der Waals surface area (Å²) >= 11 is 3.52. The van der Waals surface area contributed by atoms with Gasteiger partial charge in [0.05, 0.1) is 19.6 Å². The van der Waals surface area contributed by atoms with E-state index in [1.54, 1.807) is 13.0 Å². The molecule has 0 bridgehead atoms. The molecule has 5 nitrogen and oxygen atoms in total. The van der Waals surface area contributed by atoms with Crippen molar-refractivity contribution in [2.45, 2.75) is 31.6 Å². The molecule has 0 amide bonds. The van der Waals surface area contributed by atoms with Crippen molar-refractivity contribution in [1.29, 1.82) is 0 Å².